The molecule has 1 heterocycles. The van der Waals surface area contributed by atoms with Crippen molar-refractivity contribution in [2.24, 2.45) is 0 Å². The first-order chi connectivity index (χ1) is 14.5. The minimum absolute atomic E-state index is 0.0333. The predicted octanol–water partition coefficient (Wildman–Crippen LogP) is 7.41. The second kappa shape index (κ2) is 9.21. The lowest BCUT2D eigenvalue weighted by Gasteiger charge is -2.24. The van der Waals surface area contributed by atoms with Gasteiger partial charge in [0.25, 0.3) is 0 Å². The Balaban J connectivity index is 1.65. The number of carbonyl (C=O) groups is 1. The van der Waals surface area contributed by atoms with Crippen molar-refractivity contribution in [3.8, 4) is 0 Å². The van der Waals surface area contributed by atoms with Gasteiger partial charge in [-0.25, -0.2) is 4.98 Å². The topological polar surface area (TPSA) is 33.2 Å². The average molecular weight is 453 g/mol. The number of carbonyl (C=O) groups excluding carboxylic acids is 1. The fraction of sp³-hybridized carbons (Fsp3) is 0.167. The van der Waals surface area contributed by atoms with E-state index in [-0.39, 0.29) is 5.91 Å². The summed E-state index contributed by atoms with van der Waals surface area (Å²) in [7, 11) is 0. The van der Waals surface area contributed by atoms with Crippen LogP contribution in [-0.4, -0.2) is 16.6 Å². The molecule has 0 aliphatic heterocycles. The third-order valence-corrected chi connectivity index (χ3v) is 7.33. The summed E-state index contributed by atoms with van der Waals surface area (Å²) in [5.74, 6) is 0.681. The number of rotatable bonds is 6. The van der Waals surface area contributed by atoms with Crippen LogP contribution < -0.4 is 4.90 Å². The van der Waals surface area contributed by atoms with Crippen LogP contribution in [0.15, 0.2) is 71.6 Å². The van der Waals surface area contributed by atoms with Crippen molar-refractivity contribution in [2.45, 2.75) is 25.2 Å². The monoisotopic (exact) mass is 452 g/mol. The fourth-order valence-electron chi connectivity index (χ4n) is 3.36. The lowest BCUT2D eigenvalue weighted by Crippen LogP contribution is -2.27. The zero-order valence-corrected chi connectivity index (χ0v) is 19.2. The third kappa shape index (κ3) is 4.38. The Morgan fingerprint density at radius 2 is 1.70 bits per heavy atom. The summed E-state index contributed by atoms with van der Waals surface area (Å²) >= 11 is 9.40. The highest BCUT2D eigenvalue weighted by Gasteiger charge is 2.24. The van der Waals surface area contributed by atoms with Crippen LogP contribution in [0.25, 0.3) is 10.2 Å². The highest BCUT2D eigenvalue weighted by molar-refractivity contribution is 7.99. The lowest BCUT2D eigenvalue weighted by molar-refractivity contribution is -0.117. The zero-order valence-electron chi connectivity index (χ0n) is 16.8. The Bertz CT molecular complexity index is 1150. The second-order valence-corrected chi connectivity index (χ2v) is 9.52. The highest BCUT2D eigenvalue weighted by atomic mass is 35.5. The summed E-state index contributed by atoms with van der Waals surface area (Å²) in [5.41, 5.74) is 3.94. The summed E-state index contributed by atoms with van der Waals surface area (Å²) in [4.78, 5) is 21.0. The van der Waals surface area contributed by atoms with Gasteiger partial charge >= 0.3 is 0 Å². The van der Waals surface area contributed by atoms with Gasteiger partial charge in [-0.15, -0.1) is 11.8 Å². The number of amides is 1. The summed E-state index contributed by atoms with van der Waals surface area (Å²) < 4.78 is 1.07. The molecule has 1 aromatic heterocycles. The predicted molar refractivity (Wildman–Crippen MR) is 129 cm³/mol. The lowest BCUT2D eigenvalue weighted by atomic mass is 10.1. The van der Waals surface area contributed by atoms with Crippen molar-refractivity contribution >= 4 is 61.6 Å². The standard InChI is InChI=1S/C24H21ClN2OS2/c1-16-8-7-9-17(2)23(16)27(24-26-19-11-4-6-13-21(19)30-24)22(28)14-15-29-20-12-5-3-10-18(20)25/h3-13H,14-15H2,1-2H3. The van der Waals surface area contributed by atoms with E-state index < -0.39 is 0 Å². The van der Waals surface area contributed by atoms with Crippen LogP contribution in [0, 0.1) is 13.8 Å². The van der Waals surface area contributed by atoms with Crippen LogP contribution in [-0.2, 0) is 4.79 Å². The number of fused-ring (bicyclic) bond motifs is 1. The molecule has 0 aliphatic carbocycles. The van der Waals surface area contributed by atoms with Crippen LogP contribution in [0.1, 0.15) is 17.5 Å². The van der Waals surface area contributed by atoms with Crippen LogP contribution >= 0.6 is 34.7 Å². The van der Waals surface area contributed by atoms with Crippen molar-refractivity contribution in [3.63, 3.8) is 0 Å². The van der Waals surface area contributed by atoms with Crippen LogP contribution in [0.3, 0.4) is 0 Å². The first-order valence-corrected chi connectivity index (χ1v) is 11.8. The van der Waals surface area contributed by atoms with E-state index >= 15 is 0 Å². The van der Waals surface area contributed by atoms with Gasteiger partial charge in [-0.2, -0.15) is 0 Å². The molecule has 30 heavy (non-hydrogen) atoms. The van der Waals surface area contributed by atoms with Gasteiger partial charge in [0.2, 0.25) is 5.91 Å². The number of anilines is 2. The molecule has 4 aromatic rings. The van der Waals surface area contributed by atoms with Gasteiger partial charge in [0.05, 0.1) is 20.9 Å². The molecule has 152 valence electrons. The molecule has 0 aliphatic rings. The smallest absolute Gasteiger partial charge is 0.234 e. The number of thiazole rings is 1. The molecule has 0 N–H and O–H groups in total. The second-order valence-electron chi connectivity index (χ2n) is 6.96. The van der Waals surface area contributed by atoms with E-state index in [4.69, 9.17) is 16.6 Å². The maximum Gasteiger partial charge on any atom is 0.234 e. The number of para-hydroxylation sites is 2. The third-order valence-electron chi connectivity index (χ3n) is 4.80. The molecule has 0 spiro atoms. The maximum atomic E-state index is 13.4. The molecule has 3 aromatic carbocycles. The molecule has 0 saturated carbocycles. The minimum atomic E-state index is 0.0333. The number of aromatic nitrogens is 1. The maximum absolute atomic E-state index is 13.4. The normalized spacial score (nSPS) is 11.0. The van der Waals surface area contributed by atoms with Gasteiger partial charge in [0.15, 0.2) is 5.13 Å². The molecular weight excluding hydrogens is 432 g/mol. The van der Waals surface area contributed by atoms with E-state index in [9.17, 15) is 4.79 Å². The Morgan fingerprint density at radius 3 is 2.43 bits per heavy atom. The van der Waals surface area contributed by atoms with Crippen molar-refractivity contribution in [1.29, 1.82) is 0 Å². The number of benzene rings is 3. The highest BCUT2D eigenvalue weighted by Crippen LogP contribution is 2.37. The van der Waals surface area contributed by atoms with E-state index in [1.807, 2.05) is 80.6 Å². The number of halogens is 1. The molecule has 0 fully saturated rings. The summed E-state index contributed by atoms with van der Waals surface area (Å²) in [6, 6.07) is 21.8. The van der Waals surface area contributed by atoms with E-state index in [2.05, 4.69) is 0 Å². The number of nitrogens with zero attached hydrogens (tertiary/aromatic N) is 2. The number of thioether (sulfide) groups is 1. The number of hydrogen-bond donors (Lipinski definition) is 0. The van der Waals surface area contributed by atoms with Crippen molar-refractivity contribution in [3.05, 3.63) is 82.9 Å². The minimum Gasteiger partial charge on any atom is -0.274 e. The van der Waals surface area contributed by atoms with Gasteiger partial charge in [-0.3, -0.25) is 9.69 Å². The first kappa shape index (κ1) is 20.9. The Morgan fingerprint density at radius 1 is 1.00 bits per heavy atom. The van der Waals surface area contributed by atoms with Crippen LogP contribution in [0.5, 0.6) is 0 Å². The molecule has 0 radical (unpaired) electrons. The Hall–Kier alpha value is -2.34. The quantitative estimate of drug-likeness (QED) is 0.285. The van der Waals surface area contributed by atoms with Crippen molar-refractivity contribution in [1.82, 2.24) is 4.98 Å². The number of hydrogen-bond acceptors (Lipinski definition) is 4. The molecule has 0 bridgehead atoms. The molecule has 4 rings (SSSR count). The zero-order chi connectivity index (χ0) is 21.1. The van der Waals surface area contributed by atoms with Crippen LogP contribution in [0.2, 0.25) is 5.02 Å². The number of aryl methyl sites for hydroxylation is 2. The van der Waals surface area contributed by atoms with Gasteiger partial charge in [-0.05, 0) is 49.2 Å². The molecule has 6 heteroatoms. The fourth-order valence-corrected chi connectivity index (χ4v) is 5.53. The molecule has 3 nitrogen and oxygen atoms in total. The van der Waals surface area contributed by atoms with Crippen LogP contribution in [0.4, 0.5) is 10.8 Å². The molecule has 0 saturated heterocycles. The molecular formula is C24H21ClN2OS2. The first-order valence-electron chi connectivity index (χ1n) is 9.66. The Labute approximate surface area is 189 Å². The molecule has 0 unspecified atom stereocenters. The summed E-state index contributed by atoms with van der Waals surface area (Å²) in [6.07, 6.45) is 0.388. The van der Waals surface area contributed by atoms with E-state index in [1.165, 1.54) is 0 Å². The molecule has 1 amide bonds. The van der Waals surface area contributed by atoms with E-state index in [0.29, 0.717) is 22.3 Å². The van der Waals surface area contributed by atoms with Gasteiger partial charge in [-0.1, -0.05) is 65.4 Å². The van der Waals surface area contributed by atoms with Gasteiger partial charge in [0.1, 0.15) is 0 Å². The largest absolute Gasteiger partial charge is 0.274 e. The van der Waals surface area contributed by atoms with Crippen molar-refractivity contribution < 1.29 is 4.79 Å². The van der Waals surface area contributed by atoms with E-state index in [1.54, 1.807) is 28.0 Å². The van der Waals surface area contributed by atoms with E-state index in [0.717, 1.165) is 31.9 Å². The Kier molecular flexibility index (Phi) is 6.42. The average Bonchev–Trinajstić information content (AvgIpc) is 3.15. The van der Waals surface area contributed by atoms with Gasteiger partial charge in [0, 0.05) is 17.1 Å². The van der Waals surface area contributed by atoms with Crippen molar-refractivity contribution in [2.75, 3.05) is 10.7 Å². The summed E-state index contributed by atoms with van der Waals surface area (Å²) in [6.45, 7) is 4.07. The molecule has 0 atom stereocenters. The SMILES string of the molecule is Cc1cccc(C)c1N(C(=O)CCSc1ccccc1Cl)c1nc2ccccc2s1. The summed E-state index contributed by atoms with van der Waals surface area (Å²) in [5, 5.41) is 1.43. The van der Waals surface area contributed by atoms with Gasteiger partial charge < -0.3 is 0 Å².